The first-order chi connectivity index (χ1) is 17.1. The summed E-state index contributed by atoms with van der Waals surface area (Å²) in [5, 5.41) is 4.32. The highest BCUT2D eigenvalue weighted by Crippen LogP contribution is 2.26. The van der Waals surface area contributed by atoms with Crippen molar-refractivity contribution in [2.45, 2.75) is 13.3 Å². The van der Waals surface area contributed by atoms with Crippen molar-refractivity contribution in [3.05, 3.63) is 66.5 Å². The molecular formula is C26H29N5O3S. The van der Waals surface area contributed by atoms with Crippen LogP contribution in [0.4, 0.5) is 11.6 Å². The molecule has 1 fully saturated rings. The fourth-order valence-electron chi connectivity index (χ4n) is 4.07. The topological polar surface area (TPSA) is 92.4 Å². The molecule has 182 valence electrons. The number of rotatable bonds is 9. The number of hydrogen-bond acceptors (Lipinski definition) is 7. The fraction of sp³-hybridized carbons (Fsp3) is 0.308. The van der Waals surface area contributed by atoms with Gasteiger partial charge in [0.2, 0.25) is 11.8 Å². The summed E-state index contributed by atoms with van der Waals surface area (Å²) in [5.41, 5.74) is 3.02. The number of ether oxygens (including phenoxy) is 2. The lowest BCUT2D eigenvalue weighted by Gasteiger charge is -2.25. The zero-order valence-electron chi connectivity index (χ0n) is 19.7. The molecule has 5 rings (SSSR count). The molecule has 8 nitrogen and oxygen atoms in total. The first-order valence-corrected chi connectivity index (χ1v) is 13.3. The van der Waals surface area contributed by atoms with Gasteiger partial charge in [-0.05, 0) is 49.7 Å². The smallest absolute Gasteiger partial charge is 0.230 e. The maximum absolute atomic E-state index is 11.5. The fourth-order valence-corrected chi connectivity index (χ4v) is 5.20. The predicted molar refractivity (Wildman–Crippen MR) is 139 cm³/mol. The number of aryl methyl sites for hydroxylation is 1. The number of hydrogen-bond donors (Lipinski definition) is 2. The van der Waals surface area contributed by atoms with Crippen LogP contribution >= 0.6 is 0 Å². The molecule has 0 saturated carbocycles. The van der Waals surface area contributed by atoms with Crippen LogP contribution in [0, 0.1) is 6.92 Å². The van der Waals surface area contributed by atoms with Crippen LogP contribution in [0.3, 0.4) is 0 Å². The van der Waals surface area contributed by atoms with Crippen molar-refractivity contribution in [1.82, 2.24) is 19.9 Å². The van der Waals surface area contributed by atoms with Crippen molar-refractivity contribution >= 4 is 33.3 Å². The second kappa shape index (κ2) is 10.9. The highest BCUT2D eigenvalue weighted by molar-refractivity contribution is 7.85. The molecule has 0 unspecified atom stereocenters. The van der Waals surface area contributed by atoms with Crippen molar-refractivity contribution < 1.29 is 13.7 Å². The van der Waals surface area contributed by atoms with E-state index in [2.05, 4.69) is 31.2 Å². The molecule has 0 bridgehead atoms. The Morgan fingerprint density at radius 2 is 1.97 bits per heavy atom. The zero-order chi connectivity index (χ0) is 24.0. The van der Waals surface area contributed by atoms with Crippen LogP contribution in [0.1, 0.15) is 12.1 Å². The Bertz CT molecular complexity index is 1320. The quantitative estimate of drug-likeness (QED) is 0.330. The number of benzene rings is 2. The summed E-state index contributed by atoms with van der Waals surface area (Å²) in [6.45, 7) is 5.45. The minimum absolute atomic E-state index is 0.445. The van der Waals surface area contributed by atoms with E-state index in [1.54, 1.807) is 12.3 Å². The van der Waals surface area contributed by atoms with Crippen LogP contribution in [0.5, 0.6) is 17.4 Å². The van der Waals surface area contributed by atoms with Crippen LogP contribution in [0.2, 0.25) is 0 Å². The van der Waals surface area contributed by atoms with Crippen molar-refractivity contribution in [1.29, 1.82) is 0 Å². The maximum atomic E-state index is 11.5. The Morgan fingerprint density at radius 3 is 2.86 bits per heavy atom. The van der Waals surface area contributed by atoms with Crippen molar-refractivity contribution in [3.8, 4) is 17.4 Å². The number of fused-ring (bicyclic) bond motifs is 1. The van der Waals surface area contributed by atoms with E-state index in [-0.39, 0.29) is 0 Å². The van der Waals surface area contributed by atoms with Crippen LogP contribution in [-0.2, 0) is 10.8 Å². The van der Waals surface area contributed by atoms with Gasteiger partial charge in [-0.25, -0.2) is 4.98 Å². The molecule has 0 spiro atoms. The van der Waals surface area contributed by atoms with Gasteiger partial charge in [-0.1, -0.05) is 6.07 Å². The molecule has 1 aliphatic heterocycles. The molecule has 35 heavy (non-hydrogen) atoms. The molecule has 2 aromatic heterocycles. The number of aromatic nitrogens is 3. The summed E-state index contributed by atoms with van der Waals surface area (Å²) in [4.78, 5) is 14.5. The lowest BCUT2D eigenvalue weighted by atomic mass is 10.2. The number of H-pyrrole nitrogens is 1. The van der Waals surface area contributed by atoms with Crippen LogP contribution in [0.25, 0.3) is 10.9 Å². The largest absolute Gasteiger partial charge is 0.493 e. The molecule has 3 heterocycles. The van der Waals surface area contributed by atoms with Crippen molar-refractivity contribution in [2.75, 3.05) is 43.1 Å². The second-order valence-corrected chi connectivity index (χ2v) is 10.3. The molecule has 2 N–H and O–H groups in total. The van der Waals surface area contributed by atoms with Gasteiger partial charge in [0.05, 0.1) is 6.61 Å². The lowest BCUT2D eigenvalue weighted by Crippen LogP contribution is -2.38. The summed E-state index contributed by atoms with van der Waals surface area (Å²) in [6, 6.07) is 17.5. The molecule has 0 amide bonds. The summed E-state index contributed by atoms with van der Waals surface area (Å²) in [5.74, 6) is 3.98. The highest BCUT2D eigenvalue weighted by Gasteiger charge is 2.14. The summed E-state index contributed by atoms with van der Waals surface area (Å²) >= 11 is 0. The summed E-state index contributed by atoms with van der Waals surface area (Å²) in [7, 11) is -0.633. The van der Waals surface area contributed by atoms with Gasteiger partial charge in [0, 0.05) is 82.6 Å². The Morgan fingerprint density at radius 1 is 1.09 bits per heavy atom. The zero-order valence-corrected chi connectivity index (χ0v) is 20.5. The monoisotopic (exact) mass is 491 g/mol. The Kier molecular flexibility index (Phi) is 7.25. The van der Waals surface area contributed by atoms with E-state index in [1.165, 1.54) is 0 Å². The SMILES string of the molecule is Cc1cc2cc(Oc3ccnc(Nc4cccc(OCCCN5CCS(=O)CC5)c4)n3)ccc2[nH]1. The van der Waals surface area contributed by atoms with E-state index in [1.807, 2.05) is 49.4 Å². The third kappa shape index (κ3) is 6.37. The first-order valence-electron chi connectivity index (χ1n) is 11.8. The first kappa shape index (κ1) is 23.3. The van der Waals surface area contributed by atoms with E-state index in [0.29, 0.717) is 18.4 Å². The van der Waals surface area contributed by atoms with Gasteiger partial charge in [0.15, 0.2) is 0 Å². The van der Waals surface area contributed by atoms with E-state index >= 15 is 0 Å². The molecule has 1 aliphatic rings. The Balaban J connectivity index is 1.15. The van der Waals surface area contributed by atoms with Gasteiger partial charge in [0.1, 0.15) is 11.5 Å². The van der Waals surface area contributed by atoms with Crippen LogP contribution in [-0.4, -0.2) is 61.8 Å². The summed E-state index contributed by atoms with van der Waals surface area (Å²) in [6.07, 6.45) is 2.60. The molecule has 4 aromatic rings. The molecule has 2 aromatic carbocycles. The van der Waals surface area contributed by atoms with Crippen molar-refractivity contribution in [2.24, 2.45) is 0 Å². The lowest BCUT2D eigenvalue weighted by molar-refractivity contribution is 0.247. The van der Waals surface area contributed by atoms with Gasteiger partial charge in [0.25, 0.3) is 0 Å². The molecule has 0 atom stereocenters. The minimum atomic E-state index is -0.633. The highest BCUT2D eigenvalue weighted by atomic mass is 32.2. The average Bonchev–Trinajstić information content (AvgIpc) is 3.23. The molecule has 9 heteroatoms. The minimum Gasteiger partial charge on any atom is -0.493 e. The van der Waals surface area contributed by atoms with Gasteiger partial charge in [-0.2, -0.15) is 4.98 Å². The predicted octanol–water partition coefficient (Wildman–Crippen LogP) is 4.64. The van der Waals surface area contributed by atoms with E-state index in [0.717, 1.165) is 71.3 Å². The summed E-state index contributed by atoms with van der Waals surface area (Å²) < 4.78 is 23.4. The van der Waals surface area contributed by atoms with Crippen LogP contribution in [0.15, 0.2) is 60.8 Å². The number of aromatic amines is 1. The average molecular weight is 492 g/mol. The molecule has 0 radical (unpaired) electrons. The molecular weight excluding hydrogens is 462 g/mol. The van der Waals surface area contributed by atoms with E-state index in [9.17, 15) is 4.21 Å². The third-order valence-corrected chi connectivity index (χ3v) is 7.10. The number of nitrogens with one attached hydrogen (secondary N) is 2. The third-order valence-electron chi connectivity index (χ3n) is 5.83. The number of nitrogens with zero attached hydrogens (tertiary/aromatic N) is 3. The van der Waals surface area contributed by atoms with Crippen LogP contribution < -0.4 is 14.8 Å². The molecule has 1 saturated heterocycles. The standard InChI is InChI=1S/C26H29N5O3S/c1-19-16-20-17-23(6-7-24(20)28-19)34-25-8-9-27-26(30-25)29-21-4-2-5-22(18-21)33-13-3-10-31-11-14-35(32)15-12-31/h2,4-9,16-18,28H,3,10-15H2,1H3,(H,27,29,30). The van der Waals surface area contributed by atoms with E-state index < -0.39 is 10.8 Å². The van der Waals surface area contributed by atoms with Gasteiger partial charge >= 0.3 is 0 Å². The van der Waals surface area contributed by atoms with E-state index in [4.69, 9.17) is 9.47 Å². The maximum Gasteiger partial charge on any atom is 0.230 e. The van der Waals surface area contributed by atoms with Gasteiger partial charge < -0.3 is 24.7 Å². The van der Waals surface area contributed by atoms with Gasteiger partial charge in [-0.3, -0.25) is 4.21 Å². The molecule has 0 aliphatic carbocycles. The van der Waals surface area contributed by atoms with Crippen molar-refractivity contribution in [3.63, 3.8) is 0 Å². The number of anilines is 2. The Labute approximate surface area is 207 Å². The van der Waals surface area contributed by atoms with Gasteiger partial charge in [-0.15, -0.1) is 0 Å². The normalized spacial score (nSPS) is 14.8. The second-order valence-electron chi connectivity index (χ2n) is 8.57. The Hall–Kier alpha value is -3.43.